The molecule has 1 atom stereocenters. The third-order valence-electron chi connectivity index (χ3n) is 3.37. The van der Waals surface area contributed by atoms with Crippen molar-refractivity contribution in [3.05, 3.63) is 40.7 Å². The fourth-order valence-corrected chi connectivity index (χ4v) is 3.21. The number of nitrogens with one attached hydrogen (secondary N) is 1. The average Bonchev–Trinajstić information content (AvgIpc) is 2.94. The lowest BCUT2D eigenvalue weighted by molar-refractivity contribution is 0.504. The maximum atomic E-state index is 4.37. The summed E-state index contributed by atoms with van der Waals surface area (Å²) in [5, 5.41) is 8.02. The highest BCUT2D eigenvalue weighted by atomic mass is 32.1. The van der Waals surface area contributed by atoms with E-state index in [1.54, 1.807) is 0 Å². The van der Waals surface area contributed by atoms with Gasteiger partial charge in [-0.3, -0.25) is 4.98 Å². The zero-order chi connectivity index (χ0) is 15.3. The Morgan fingerprint density at radius 2 is 1.95 bits per heavy atom. The summed E-state index contributed by atoms with van der Waals surface area (Å²) in [5.41, 5.74) is 2.41. The average molecular weight is 304 g/mol. The van der Waals surface area contributed by atoms with Crippen LogP contribution in [0.1, 0.15) is 56.3 Å². The minimum atomic E-state index is 0.0206. The molecule has 0 aromatic carbocycles. The fourth-order valence-electron chi connectivity index (χ4n) is 2.28. The maximum absolute atomic E-state index is 4.37. The molecule has 0 aliphatic rings. The summed E-state index contributed by atoms with van der Waals surface area (Å²) in [5.74, 6) is 0. The van der Waals surface area contributed by atoms with Crippen molar-refractivity contribution in [2.24, 2.45) is 0 Å². The van der Waals surface area contributed by atoms with Crippen molar-refractivity contribution < 1.29 is 0 Å². The van der Waals surface area contributed by atoms with Gasteiger partial charge < -0.3 is 5.32 Å². The van der Waals surface area contributed by atoms with Gasteiger partial charge in [-0.1, -0.05) is 32.2 Å². The van der Waals surface area contributed by atoms with Crippen LogP contribution in [0.5, 0.6) is 0 Å². The summed E-state index contributed by atoms with van der Waals surface area (Å²) < 4.78 is 4.20. The molecule has 2 aromatic heterocycles. The van der Waals surface area contributed by atoms with Crippen molar-refractivity contribution >= 4 is 11.5 Å². The van der Waals surface area contributed by atoms with E-state index in [4.69, 9.17) is 0 Å². The highest BCUT2D eigenvalue weighted by molar-refractivity contribution is 7.05. The first-order chi connectivity index (χ1) is 10.0. The highest BCUT2D eigenvalue weighted by Gasteiger charge is 2.27. The molecule has 0 amide bonds. The third-order valence-corrected chi connectivity index (χ3v) is 4.21. The van der Waals surface area contributed by atoms with Crippen molar-refractivity contribution in [1.82, 2.24) is 19.9 Å². The second-order valence-corrected chi connectivity index (χ2v) is 7.09. The smallest absolute Gasteiger partial charge is 0.0857 e. The summed E-state index contributed by atoms with van der Waals surface area (Å²) in [7, 11) is 0. The molecule has 0 saturated heterocycles. The van der Waals surface area contributed by atoms with Crippen LogP contribution in [0.15, 0.2) is 24.5 Å². The Morgan fingerprint density at radius 1 is 1.24 bits per heavy atom. The monoisotopic (exact) mass is 304 g/mol. The second kappa shape index (κ2) is 7.09. The Kier molecular flexibility index (Phi) is 5.42. The van der Waals surface area contributed by atoms with Crippen LogP contribution < -0.4 is 5.32 Å². The summed E-state index contributed by atoms with van der Waals surface area (Å²) in [6.07, 6.45) is 5.75. The zero-order valence-electron chi connectivity index (χ0n) is 13.3. The van der Waals surface area contributed by atoms with Gasteiger partial charge in [0.1, 0.15) is 0 Å². The summed E-state index contributed by atoms with van der Waals surface area (Å²) in [6.45, 7) is 9.76. The number of pyridine rings is 1. The van der Waals surface area contributed by atoms with Gasteiger partial charge in [0.15, 0.2) is 0 Å². The van der Waals surface area contributed by atoms with Crippen molar-refractivity contribution in [2.75, 3.05) is 6.54 Å². The third kappa shape index (κ3) is 4.32. The molecule has 114 valence electrons. The Morgan fingerprint density at radius 3 is 2.57 bits per heavy atom. The number of hydrogen-bond acceptors (Lipinski definition) is 5. The van der Waals surface area contributed by atoms with Crippen LogP contribution >= 0.6 is 11.5 Å². The van der Waals surface area contributed by atoms with Crippen molar-refractivity contribution in [3.8, 4) is 0 Å². The van der Waals surface area contributed by atoms with Crippen LogP contribution in [-0.4, -0.2) is 21.1 Å². The van der Waals surface area contributed by atoms with Crippen LogP contribution in [0.2, 0.25) is 0 Å². The van der Waals surface area contributed by atoms with Crippen LogP contribution in [0.3, 0.4) is 0 Å². The zero-order valence-corrected chi connectivity index (χ0v) is 14.1. The molecule has 4 nitrogen and oxygen atoms in total. The molecule has 21 heavy (non-hydrogen) atoms. The molecule has 5 heteroatoms. The first kappa shape index (κ1) is 16.0. The molecule has 0 spiro atoms. The van der Waals surface area contributed by atoms with Gasteiger partial charge in [0.05, 0.1) is 10.6 Å². The summed E-state index contributed by atoms with van der Waals surface area (Å²) in [4.78, 5) is 5.35. The quantitative estimate of drug-likeness (QED) is 0.887. The lowest BCUT2D eigenvalue weighted by Crippen LogP contribution is -2.26. The largest absolute Gasteiger partial charge is 0.309 e. The van der Waals surface area contributed by atoms with Crippen LogP contribution in [0, 0.1) is 0 Å². The molecular weight excluding hydrogens is 280 g/mol. The Labute approximate surface area is 131 Å². The molecule has 2 aromatic rings. The van der Waals surface area contributed by atoms with Crippen molar-refractivity contribution in [2.45, 2.75) is 52.0 Å². The molecule has 0 saturated carbocycles. The SMILES string of the molecule is CCCNC(Cc1ccncc1)c1snnc1C(C)(C)C. The Bertz CT molecular complexity index is 545. The number of aromatic nitrogens is 3. The van der Waals surface area contributed by atoms with Gasteiger partial charge in [-0.25, -0.2) is 0 Å². The van der Waals surface area contributed by atoms with E-state index >= 15 is 0 Å². The van der Waals surface area contributed by atoms with Crippen molar-refractivity contribution in [1.29, 1.82) is 0 Å². The lowest BCUT2D eigenvalue weighted by Gasteiger charge is -2.22. The molecule has 0 aliphatic carbocycles. The van der Waals surface area contributed by atoms with Gasteiger partial charge in [0.2, 0.25) is 0 Å². The number of hydrogen-bond donors (Lipinski definition) is 1. The van der Waals surface area contributed by atoms with Crippen LogP contribution in [0.25, 0.3) is 0 Å². The predicted octanol–water partition coefficient (Wildman–Crippen LogP) is 3.51. The number of nitrogens with zero attached hydrogens (tertiary/aromatic N) is 3. The molecular formula is C16H24N4S. The summed E-state index contributed by atoms with van der Waals surface area (Å²) in [6, 6.07) is 4.42. The Balaban J connectivity index is 2.26. The van der Waals surface area contributed by atoms with Gasteiger partial charge in [0.25, 0.3) is 0 Å². The van der Waals surface area contributed by atoms with E-state index in [1.165, 1.54) is 22.0 Å². The maximum Gasteiger partial charge on any atom is 0.0857 e. The van der Waals surface area contributed by atoms with E-state index < -0.39 is 0 Å². The first-order valence-electron chi connectivity index (χ1n) is 7.47. The van der Waals surface area contributed by atoms with Gasteiger partial charge in [0, 0.05) is 23.9 Å². The van der Waals surface area contributed by atoms with Crippen molar-refractivity contribution in [3.63, 3.8) is 0 Å². The van der Waals surface area contributed by atoms with E-state index in [-0.39, 0.29) is 11.5 Å². The van der Waals surface area contributed by atoms with E-state index in [2.05, 4.69) is 59.7 Å². The predicted molar refractivity (Wildman–Crippen MR) is 87.6 cm³/mol. The van der Waals surface area contributed by atoms with Gasteiger partial charge in [-0.15, -0.1) is 5.10 Å². The molecule has 1 N–H and O–H groups in total. The fraction of sp³-hybridized carbons (Fsp3) is 0.562. The van der Waals surface area contributed by atoms with Crippen LogP contribution in [-0.2, 0) is 11.8 Å². The van der Waals surface area contributed by atoms with E-state index in [0.29, 0.717) is 0 Å². The molecule has 0 radical (unpaired) electrons. The van der Waals surface area contributed by atoms with E-state index in [1.807, 2.05) is 12.4 Å². The van der Waals surface area contributed by atoms with Gasteiger partial charge >= 0.3 is 0 Å². The molecule has 2 rings (SSSR count). The van der Waals surface area contributed by atoms with Crippen LogP contribution in [0.4, 0.5) is 0 Å². The topological polar surface area (TPSA) is 50.7 Å². The van der Waals surface area contributed by atoms with Gasteiger partial charge in [-0.05, 0) is 48.6 Å². The lowest BCUT2D eigenvalue weighted by atomic mass is 9.89. The minimum absolute atomic E-state index is 0.0206. The second-order valence-electron chi connectivity index (χ2n) is 6.30. The highest BCUT2D eigenvalue weighted by Crippen LogP contribution is 2.31. The molecule has 0 fully saturated rings. The Hall–Kier alpha value is -1.33. The first-order valence-corrected chi connectivity index (χ1v) is 8.24. The molecule has 0 aliphatic heterocycles. The number of rotatable bonds is 6. The minimum Gasteiger partial charge on any atom is -0.309 e. The standard InChI is InChI=1S/C16H24N4S/c1-5-8-18-13(11-12-6-9-17-10-7-12)14-15(16(2,3)4)19-20-21-14/h6-7,9-10,13,18H,5,8,11H2,1-4H3. The normalized spacial score (nSPS) is 13.3. The molecule has 0 bridgehead atoms. The summed E-state index contributed by atoms with van der Waals surface area (Å²) >= 11 is 1.51. The molecule has 1 unspecified atom stereocenters. The van der Waals surface area contributed by atoms with E-state index in [0.717, 1.165) is 25.1 Å². The molecule has 2 heterocycles. The van der Waals surface area contributed by atoms with E-state index in [9.17, 15) is 0 Å². The van der Waals surface area contributed by atoms with Gasteiger partial charge in [-0.2, -0.15) is 0 Å².